The predicted octanol–water partition coefficient (Wildman–Crippen LogP) is 0.520. The van der Waals surface area contributed by atoms with E-state index >= 15 is 0 Å². The van der Waals surface area contributed by atoms with Gasteiger partial charge in [-0.3, -0.25) is 9.59 Å². The molecule has 18 heavy (non-hydrogen) atoms. The van der Waals surface area contributed by atoms with E-state index < -0.39 is 0 Å². The van der Waals surface area contributed by atoms with Crippen LogP contribution in [0.25, 0.3) is 0 Å². The third-order valence-corrected chi connectivity index (χ3v) is 2.86. The highest BCUT2D eigenvalue weighted by molar-refractivity contribution is 5.94. The Bertz CT molecular complexity index is 502. The van der Waals surface area contributed by atoms with Gasteiger partial charge in [0.25, 0.3) is 5.91 Å². The Morgan fingerprint density at radius 3 is 2.67 bits per heavy atom. The highest BCUT2D eigenvalue weighted by Gasteiger charge is 2.19. The van der Waals surface area contributed by atoms with Crippen LogP contribution in [0.5, 0.6) is 0 Å². The summed E-state index contributed by atoms with van der Waals surface area (Å²) in [6.45, 7) is 1.44. The van der Waals surface area contributed by atoms with Crippen LogP contribution in [0.3, 0.4) is 0 Å². The van der Waals surface area contributed by atoms with Gasteiger partial charge in [-0.2, -0.15) is 5.26 Å². The van der Waals surface area contributed by atoms with Crippen molar-refractivity contribution < 1.29 is 9.59 Å². The molecule has 0 aromatic heterocycles. The molecule has 1 heterocycles. The summed E-state index contributed by atoms with van der Waals surface area (Å²) in [6, 6.07) is 8.53. The Kier molecular flexibility index (Phi) is 3.58. The number of nitriles is 1. The maximum atomic E-state index is 12.2. The summed E-state index contributed by atoms with van der Waals surface area (Å²) in [5.74, 6) is -0.124. The van der Waals surface area contributed by atoms with Crippen molar-refractivity contribution in [3.8, 4) is 6.07 Å². The van der Waals surface area contributed by atoms with E-state index in [4.69, 9.17) is 5.26 Å². The molecule has 1 saturated heterocycles. The lowest BCUT2D eigenvalue weighted by Crippen LogP contribution is -2.34. The van der Waals surface area contributed by atoms with E-state index in [1.165, 1.54) is 0 Å². The largest absolute Gasteiger partial charge is 0.354 e. The lowest BCUT2D eigenvalue weighted by molar-refractivity contribution is -0.120. The first-order valence-corrected chi connectivity index (χ1v) is 5.77. The standard InChI is InChI=1S/C13H13N3O2/c14-9-10-1-3-11(4-2-10)13(18)16-7-5-12(17)15-6-8-16/h1-4H,5-8H2,(H,15,17). The number of hydrogen-bond donors (Lipinski definition) is 1. The van der Waals surface area contributed by atoms with Gasteiger partial charge < -0.3 is 10.2 Å². The molecule has 1 N–H and O–H groups in total. The minimum Gasteiger partial charge on any atom is -0.354 e. The molecule has 1 fully saturated rings. The third kappa shape index (κ3) is 2.66. The normalized spacial score (nSPS) is 15.5. The zero-order valence-corrected chi connectivity index (χ0v) is 9.85. The average Bonchev–Trinajstić information content (AvgIpc) is 2.63. The minimum absolute atomic E-state index is 0.0230. The van der Waals surface area contributed by atoms with Gasteiger partial charge >= 0.3 is 0 Å². The maximum Gasteiger partial charge on any atom is 0.253 e. The second kappa shape index (κ2) is 5.32. The molecule has 0 bridgehead atoms. The minimum atomic E-state index is -0.101. The van der Waals surface area contributed by atoms with Crippen molar-refractivity contribution in [3.63, 3.8) is 0 Å². The highest BCUT2D eigenvalue weighted by Crippen LogP contribution is 2.08. The SMILES string of the molecule is N#Cc1ccc(C(=O)N2CCNC(=O)CC2)cc1. The summed E-state index contributed by atoms with van der Waals surface area (Å²) in [4.78, 5) is 25.0. The maximum absolute atomic E-state index is 12.2. The first-order valence-electron chi connectivity index (χ1n) is 5.77. The van der Waals surface area contributed by atoms with Crippen LogP contribution in [-0.2, 0) is 4.79 Å². The summed E-state index contributed by atoms with van der Waals surface area (Å²) >= 11 is 0. The van der Waals surface area contributed by atoms with Gasteiger partial charge in [-0.1, -0.05) is 0 Å². The van der Waals surface area contributed by atoms with Crippen molar-refractivity contribution in [2.45, 2.75) is 6.42 Å². The van der Waals surface area contributed by atoms with Gasteiger partial charge in [0, 0.05) is 31.6 Å². The zero-order valence-electron chi connectivity index (χ0n) is 9.85. The second-order valence-corrected chi connectivity index (χ2v) is 4.08. The van der Waals surface area contributed by atoms with Crippen LogP contribution in [0.4, 0.5) is 0 Å². The molecule has 0 spiro atoms. The van der Waals surface area contributed by atoms with Gasteiger partial charge in [0.1, 0.15) is 0 Å². The molecule has 92 valence electrons. The van der Waals surface area contributed by atoms with Gasteiger partial charge in [-0.05, 0) is 24.3 Å². The molecular formula is C13H13N3O2. The number of nitrogens with one attached hydrogen (secondary N) is 1. The molecule has 1 aliphatic heterocycles. The van der Waals surface area contributed by atoms with Crippen molar-refractivity contribution in [2.75, 3.05) is 19.6 Å². The Hall–Kier alpha value is -2.35. The fourth-order valence-corrected chi connectivity index (χ4v) is 1.84. The number of amides is 2. The number of benzene rings is 1. The summed E-state index contributed by atoms with van der Waals surface area (Å²) < 4.78 is 0. The van der Waals surface area contributed by atoms with E-state index in [1.807, 2.05) is 6.07 Å². The Morgan fingerprint density at radius 2 is 2.00 bits per heavy atom. The number of rotatable bonds is 1. The summed E-state index contributed by atoms with van der Waals surface area (Å²) in [6.07, 6.45) is 0.335. The number of hydrogen-bond acceptors (Lipinski definition) is 3. The van der Waals surface area contributed by atoms with Gasteiger partial charge in [0.15, 0.2) is 0 Å². The van der Waals surface area contributed by atoms with E-state index in [2.05, 4.69) is 5.32 Å². The molecule has 5 nitrogen and oxygen atoms in total. The van der Waals surface area contributed by atoms with Gasteiger partial charge in [0.05, 0.1) is 11.6 Å². The van der Waals surface area contributed by atoms with Crippen molar-refractivity contribution in [3.05, 3.63) is 35.4 Å². The van der Waals surface area contributed by atoms with E-state index in [-0.39, 0.29) is 11.8 Å². The molecule has 1 aromatic carbocycles. The molecule has 0 atom stereocenters. The van der Waals surface area contributed by atoms with Crippen molar-refractivity contribution in [1.82, 2.24) is 10.2 Å². The fourth-order valence-electron chi connectivity index (χ4n) is 1.84. The molecule has 0 unspecified atom stereocenters. The molecule has 0 radical (unpaired) electrons. The monoisotopic (exact) mass is 243 g/mol. The number of carbonyl (C=O) groups is 2. The van der Waals surface area contributed by atoms with Crippen molar-refractivity contribution >= 4 is 11.8 Å². The molecule has 0 aliphatic carbocycles. The van der Waals surface area contributed by atoms with E-state index in [0.29, 0.717) is 37.2 Å². The summed E-state index contributed by atoms with van der Waals surface area (Å²) in [7, 11) is 0. The molecule has 1 aliphatic rings. The third-order valence-electron chi connectivity index (χ3n) is 2.86. The fraction of sp³-hybridized carbons (Fsp3) is 0.308. The molecule has 2 amide bonds. The quantitative estimate of drug-likeness (QED) is 0.781. The van der Waals surface area contributed by atoms with E-state index in [0.717, 1.165) is 0 Å². The van der Waals surface area contributed by atoms with Gasteiger partial charge in [0.2, 0.25) is 5.91 Å². The van der Waals surface area contributed by atoms with Crippen LogP contribution in [0.15, 0.2) is 24.3 Å². The van der Waals surface area contributed by atoms with Crippen LogP contribution in [0, 0.1) is 11.3 Å². The van der Waals surface area contributed by atoms with Gasteiger partial charge in [-0.25, -0.2) is 0 Å². The second-order valence-electron chi connectivity index (χ2n) is 4.08. The first kappa shape index (κ1) is 12.1. The average molecular weight is 243 g/mol. The molecule has 2 rings (SSSR count). The Labute approximate surface area is 105 Å². The predicted molar refractivity (Wildman–Crippen MR) is 64.7 cm³/mol. The highest BCUT2D eigenvalue weighted by atomic mass is 16.2. The van der Waals surface area contributed by atoms with Crippen molar-refractivity contribution in [1.29, 1.82) is 5.26 Å². The number of nitrogens with zero attached hydrogens (tertiary/aromatic N) is 2. The van der Waals surface area contributed by atoms with E-state index in [9.17, 15) is 9.59 Å². The van der Waals surface area contributed by atoms with Crippen LogP contribution < -0.4 is 5.32 Å². The molecule has 0 saturated carbocycles. The lowest BCUT2D eigenvalue weighted by Gasteiger charge is -2.19. The van der Waals surface area contributed by atoms with Crippen LogP contribution >= 0.6 is 0 Å². The summed E-state index contributed by atoms with van der Waals surface area (Å²) in [5.41, 5.74) is 1.07. The van der Waals surface area contributed by atoms with E-state index in [1.54, 1.807) is 29.2 Å². The molecule has 5 heteroatoms. The Morgan fingerprint density at radius 1 is 1.28 bits per heavy atom. The first-order chi connectivity index (χ1) is 8.70. The topological polar surface area (TPSA) is 73.2 Å². The summed E-state index contributed by atoms with van der Waals surface area (Å²) in [5, 5.41) is 11.4. The molecular weight excluding hydrogens is 230 g/mol. The van der Waals surface area contributed by atoms with Crippen LogP contribution in [0.2, 0.25) is 0 Å². The van der Waals surface area contributed by atoms with Crippen LogP contribution in [0.1, 0.15) is 22.3 Å². The number of carbonyl (C=O) groups excluding carboxylic acids is 2. The van der Waals surface area contributed by atoms with Gasteiger partial charge in [-0.15, -0.1) is 0 Å². The van der Waals surface area contributed by atoms with Crippen molar-refractivity contribution in [2.24, 2.45) is 0 Å². The van der Waals surface area contributed by atoms with Crippen LogP contribution in [-0.4, -0.2) is 36.3 Å². The zero-order chi connectivity index (χ0) is 13.0. The smallest absolute Gasteiger partial charge is 0.253 e. The Balaban J connectivity index is 2.10. The molecule has 1 aromatic rings. The lowest BCUT2D eigenvalue weighted by atomic mass is 10.1.